The summed E-state index contributed by atoms with van der Waals surface area (Å²) in [6.45, 7) is 4.27. The van der Waals surface area contributed by atoms with Gasteiger partial charge < -0.3 is 9.64 Å². The summed E-state index contributed by atoms with van der Waals surface area (Å²) in [7, 11) is 0. The number of piperazine rings is 1. The number of nitro benzene ring substituents is 1. The molecule has 1 aromatic carbocycles. The lowest BCUT2D eigenvalue weighted by Gasteiger charge is -2.43. The Morgan fingerprint density at radius 1 is 1.19 bits per heavy atom. The number of carbonyl (C=O) groups excluding carboxylic acids is 1. The molecule has 1 fully saturated rings. The van der Waals surface area contributed by atoms with Crippen LogP contribution < -0.4 is 4.90 Å². The van der Waals surface area contributed by atoms with E-state index in [1.54, 1.807) is 20.8 Å². The second kappa shape index (κ2) is 7.00. The largest absolute Gasteiger partial charge is 0.444 e. The molecule has 10 heteroatoms. The number of anilines is 1. The van der Waals surface area contributed by atoms with Crippen molar-refractivity contribution in [3.05, 3.63) is 34.4 Å². The third kappa shape index (κ3) is 4.77. The zero-order valence-electron chi connectivity index (χ0n) is 14.6. The third-order valence-corrected chi connectivity index (χ3v) is 3.81. The van der Waals surface area contributed by atoms with Crippen molar-refractivity contribution < 1.29 is 27.6 Å². The van der Waals surface area contributed by atoms with E-state index in [-0.39, 0.29) is 18.8 Å². The average Bonchev–Trinajstić information content (AvgIpc) is 2.52. The lowest BCUT2D eigenvalue weighted by atomic mass is 10.1. The molecule has 7 nitrogen and oxygen atoms in total. The topological polar surface area (TPSA) is 75.9 Å². The van der Waals surface area contributed by atoms with E-state index in [9.17, 15) is 28.1 Å². The molecule has 1 amide bonds. The molecule has 1 aromatic rings. The summed E-state index contributed by atoms with van der Waals surface area (Å²) in [5, 5.41) is 10.7. The minimum atomic E-state index is -4.63. The van der Waals surface area contributed by atoms with Crippen molar-refractivity contribution in [2.75, 3.05) is 24.5 Å². The molecular weight excluding hydrogens is 355 g/mol. The number of amides is 1. The van der Waals surface area contributed by atoms with Crippen LogP contribution in [0.25, 0.3) is 0 Å². The molecule has 1 aliphatic heterocycles. The van der Waals surface area contributed by atoms with E-state index in [2.05, 4.69) is 0 Å². The minimum Gasteiger partial charge on any atom is -0.444 e. The molecule has 144 valence electrons. The number of carbonyl (C=O) groups is 1. The normalized spacial score (nSPS) is 18.6. The number of nitro groups is 1. The zero-order valence-corrected chi connectivity index (χ0v) is 14.6. The summed E-state index contributed by atoms with van der Waals surface area (Å²) < 4.78 is 45.5. The smallest absolute Gasteiger partial charge is 0.410 e. The van der Waals surface area contributed by atoms with Crippen LogP contribution >= 0.6 is 0 Å². The highest BCUT2D eigenvalue weighted by Crippen LogP contribution is 2.31. The van der Waals surface area contributed by atoms with Gasteiger partial charge in [-0.1, -0.05) is 0 Å². The molecule has 0 N–H and O–H groups in total. The SMILES string of the molecule is CC(C)(C)OC(=O)N1CCN(c2ccc([N+](=O)[O-])cc2)CC1C(F)(F)F. The van der Waals surface area contributed by atoms with Gasteiger partial charge in [-0.05, 0) is 32.9 Å². The van der Waals surface area contributed by atoms with Crippen LogP contribution in [0.1, 0.15) is 20.8 Å². The molecule has 0 aromatic heterocycles. The van der Waals surface area contributed by atoms with Gasteiger partial charge in [-0.25, -0.2) is 4.79 Å². The molecule has 1 heterocycles. The molecule has 1 unspecified atom stereocenters. The predicted octanol–water partition coefficient (Wildman–Crippen LogP) is 3.58. The fourth-order valence-corrected chi connectivity index (χ4v) is 2.62. The summed E-state index contributed by atoms with van der Waals surface area (Å²) in [6.07, 6.45) is -5.64. The number of alkyl halides is 3. The number of nitrogens with zero attached hydrogens (tertiary/aromatic N) is 3. The number of hydrogen-bond acceptors (Lipinski definition) is 5. The number of non-ortho nitro benzene ring substituents is 1. The van der Waals surface area contributed by atoms with Gasteiger partial charge in [0, 0.05) is 37.5 Å². The van der Waals surface area contributed by atoms with Crippen LogP contribution in [0.4, 0.5) is 29.3 Å². The van der Waals surface area contributed by atoms with Gasteiger partial charge in [0.05, 0.1) is 4.92 Å². The van der Waals surface area contributed by atoms with Gasteiger partial charge in [-0.3, -0.25) is 15.0 Å². The van der Waals surface area contributed by atoms with Gasteiger partial charge in [0.15, 0.2) is 0 Å². The predicted molar refractivity (Wildman–Crippen MR) is 88.1 cm³/mol. The van der Waals surface area contributed by atoms with Crippen LogP contribution in [0.5, 0.6) is 0 Å². The van der Waals surface area contributed by atoms with Crippen LogP contribution in [0, 0.1) is 10.1 Å². The second-order valence-electron chi connectivity index (χ2n) is 6.95. The lowest BCUT2D eigenvalue weighted by molar-refractivity contribution is -0.384. The highest BCUT2D eigenvalue weighted by atomic mass is 19.4. The fraction of sp³-hybridized carbons (Fsp3) is 0.562. The highest BCUT2D eigenvalue weighted by molar-refractivity contribution is 5.69. The van der Waals surface area contributed by atoms with Crippen molar-refractivity contribution in [3.63, 3.8) is 0 Å². The Bertz CT molecular complexity index is 671. The third-order valence-electron chi connectivity index (χ3n) is 3.81. The van der Waals surface area contributed by atoms with Crippen molar-refractivity contribution in [1.82, 2.24) is 4.90 Å². The van der Waals surface area contributed by atoms with Crippen molar-refractivity contribution >= 4 is 17.5 Å². The molecule has 0 aliphatic carbocycles. The molecule has 26 heavy (non-hydrogen) atoms. The zero-order chi connectivity index (χ0) is 19.7. The first-order valence-electron chi connectivity index (χ1n) is 7.94. The van der Waals surface area contributed by atoms with E-state index in [0.717, 1.165) is 0 Å². The molecule has 0 bridgehead atoms. The first-order chi connectivity index (χ1) is 11.9. The number of benzene rings is 1. The van der Waals surface area contributed by atoms with E-state index in [0.29, 0.717) is 10.6 Å². The summed E-state index contributed by atoms with van der Waals surface area (Å²) in [4.78, 5) is 24.4. The summed E-state index contributed by atoms with van der Waals surface area (Å²) in [5.41, 5.74) is -0.620. The summed E-state index contributed by atoms with van der Waals surface area (Å²) in [5.74, 6) is 0. The van der Waals surface area contributed by atoms with Gasteiger partial charge in [0.1, 0.15) is 11.6 Å². The molecule has 0 spiro atoms. The van der Waals surface area contributed by atoms with E-state index >= 15 is 0 Å². The highest BCUT2D eigenvalue weighted by Gasteiger charge is 2.49. The van der Waals surface area contributed by atoms with Crippen LogP contribution in [0.3, 0.4) is 0 Å². The lowest BCUT2D eigenvalue weighted by Crippen LogP contribution is -2.61. The van der Waals surface area contributed by atoms with Gasteiger partial charge in [-0.2, -0.15) is 13.2 Å². The van der Waals surface area contributed by atoms with Crippen molar-refractivity contribution in [1.29, 1.82) is 0 Å². The molecule has 2 rings (SSSR count). The van der Waals surface area contributed by atoms with Gasteiger partial charge >= 0.3 is 12.3 Å². The minimum absolute atomic E-state index is 0.145. The van der Waals surface area contributed by atoms with Crippen LogP contribution in [-0.4, -0.2) is 53.4 Å². The maximum absolute atomic E-state index is 13.5. The van der Waals surface area contributed by atoms with Crippen molar-refractivity contribution in [3.8, 4) is 0 Å². The Morgan fingerprint density at radius 2 is 1.77 bits per heavy atom. The van der Waals surface area contributed by atoms with Crippen molar-refractivity contribution in [2.24, 2.45) is 0 Å². The number of rotatable bonds is 2. The fourth-order valence-electron chi connectivity index (χ4n) is 2.62. The molecule has 0 radical (unpaired) electrons. The summed E-state index contributed by atoms with van der Waals surface area (Å²) in [6, 6.07) is 3.24. The van der Waals surface area contributed by atoms with Gasteiger partial charge in [0.2, 0.25) is 0 Å². The Hall–Kier alpha value is -2.52. The van der Waals surface area contributed by atoms with Crippen LogP contribution in [0.2, 0.25) is 0 Å². The van der Waals surface area contributed by atoms with E-state index < -0.39 is 35.4 Å². The standard InChI is InChI=1S/C16H20F3N3O4/c1-15(2,3)26-14(23)21-9-8-20(10-13(21)16(17,18)19)11-4-6-12(7-5-11)22(24)25/h4-7,13H,8-10H2,1-3H3. The number of hydrogen-bond donors (Lipinski definition) is 0. The first-order valence-corrected chi connectivity index (χ1v) is 7.94. The number of halogens is 3. The van der Waals surface area contributed by atoms with E-state index in [4.69, 9.17) is 4.74 Å². The molecule has 1 atom stereocenters. The average molecular weight is 375 g/mol. The number of ether oxygens (including phenoxy) is 1. The summed E-state index contributed by atoms with van der Waals surface area (Å²) >= 11 is 0. The van der Waals surface area contributed by atoms with E-state index in [1.165, 1.54) is 29.2 Å². The van der Waals surface area contributed by atoms with E-state index in [1.807, 2.05) is 0 Å². The van der Waals surface area contributed by atoms with Crippen molar-refractivity contribution in [2.45, 2.75) is 38.6 Å². The Balaban J connectivity index is 2.19. The Kier molecular flexibility index (Phi) is 5.33. The van der Waals surface area contributed by atoms with Crippen LogP contribution in [-0.2, 0) is 4.74 Å². The molecular formula is C16H20F3N3O4. The van der Waals surface area contributed by atoms with Gasteiger partial charge in [0.25, 0.3) is 5.69 Å². The second-order valence-corrected chi connectivity index (χ2v) is 6.95. The molecule has 1 saturated heterocycles. The monoisotopic (exact) mass is 375 g/mol. The quantitative estimate of drug-likeness (QED) is 0.583. The van der Waals surface area contributed by atoms with Crippen LogP contribution in [0.15, 0.2) is 24.3 Å². The maximum Gasteiger partial charge on any atom is 0.410 e. The first kappa shape index (κ1) is 19.8. The molecule has 1 aliphatic rings. The Morgan fingerprint density at radius 3 is 2.23 bits per heavy atom. The molecule has 0 saturated carbocycles. The maximum atomic E-state index is 13.5. The Labute approximate surface area is 148 Å². The van der Waals surface area contributed by atoms with Gasteiger partial charge in [-0.15, -0.1) is 0 Å².